The maximum absolute atomic E-state index is 5.32. The summed E-state index contributed by atoms with van der Waals surface area (Å²) in [4.78, 5) is 0. The molecule has 0 fully saturated rings. The van der Waals surface area contributed by atoms with E-state index in [4.69, 9.17) is 11.5 Å². The third kappa shape index (κ3) is 3.92. The first-order valence-corrected chi connectivity index (χ1v) is 2.23. The largest absolute Gasteiger partial charge is 0.330 e. The highest BCUT2D eigenvalue weighted by molar-refractivity contribution is 4.50. The molecular formula is C4H12N2. The Balaban J connectivity index is 2.63. The summed E-state index contributed by atoms with van der Waals surface area (Å²) in [6.07, 6.45) is 0.931. The molecule has 0 heterocycles. The first-order valence-electron chi connectivity index (χ1n) is 2.23. The Hall–Kier alpha value is -0.0800. The summed E-state index contributed by atoms with van der Waals surface area (Å²) in [7, 11) is 0. The van der Waals surface area contributed by atoms with Gasteiger partial charge in [0.15, 0.2) is 0 Å². The van der Waals surface area contributed by atoms with Crippen molar-refractivity contribution in [3.05, 3.63) is 0 Å². The number of hydrogen-bond donors (Lipinski definition) is 2. The molecule has 0 unspecified atom stereocenters. The third-order valence-corrected chi connectivity index (χ3v) is 0.622. The summed E-state index contributed by atoms with van der Waals surface area (Å²) in [5.74, 6) is 0. The van der Waals surface area contributed by atoms with E-state index >= 15 is 0 Å². The van der Waals surface area contributed by atoms with Crippen LogP contribution in [-0.4, -0.2) is 12.6 Å². The summed E-state index contributed by atoms with van der Waals surface area (Å²) in [5.41, 5.74) is 10.5. The second kappa shape index (κ2) is 3.12. The van der Waals surface area contributed by atoms with Crippen molar-refractivity contribution >= 4 is 0 Å². The molecule has 4 N–H and O–H groups in total. The van der Waals surface area contributed by atoms with E-state index in [1.165, 1.54) is 0 Å². The van der Waals surface area contributed by atoms with Crippen LogP contribution in [0.5, 0.6) is 0 Å². The lowest BCUT2D eigenvalue weighted by Gasteiger charge is -1.96. The molecule has 0 radical (unpaired) electrons. The summed E-state index contributed by atoms with van der Waals surface area (Å²) in [5, 5.41) is 0. The van der Waals surface area contributed by atoms with E-state index in [1.54, 1.807) is 0 Å². The lowest BCUT2D eigenvalue weighted by molar-refractivity contribution is 0.676. The van der Waals surface area contributed by atoms with Crippen LogP contribution in [0.15, 0.2) is 0 Å². The molecule has 0 aliphatic carbocycles. The predicted molar refractivity (Wildman–Crippen MR) is 27.3 cm³/mol. The fraction of sp³-hybridized carbons (Fsp3) is 1.00. The number of hydrogen-bond acceptors (Lipinski definition) is 2. The van der Waals surface area contributed by atoms with E-state index in [0.29, 0.717) is 6.54 Å². The van der Waals surface area contributed by atoms with E-state index in [0.717, 1.165) is 6.42 Å². The molecule has 38 valence electrons. The van der Waals surface area contributed by atoms with Gasteiger partial charge in [0.05, 0.1) is 0 Å². The summed E-state index contributed by atoms with van der Waals surface area (Å²) in [6, 6.07) is 0.273. The van der Waals surface area contributed by atoms with Crippen molar-refractivity contribution in [2.24, 2.45) is 11.5 Å². The van der Waals surface area contributed by atoms with Gasteiger partial charge >= 0.3 is 0 Å². The summed E-state index contributed by atoms with van der Waals surface area (Å²) in [6.45, 7) is 2.66. The SMILES string of the molecule is C[C@@H](N)CCN. The Labute approximate surface area is 38.5 Å². The molecule has 0 rings (SSSR count). The molecule has 0 aromatic rings. The van der Waals surface area contributed by atoms with Gasteiger partial charge in [-0.1, -0.05) is 0 Å². The Morgan fingerprint density at radius 2 is 2.17 bits per heavy atom. The quantitative estimate of drug-likeness (QED) is 0.486. The van der Waals surface area contributed by atoms with E-state index in [-0.39, 0.29) is 6.04 Å². The molecule has 1 atom stereocenters. The monoisotopic (exact) mass is 88.1 g/mol. The first kappa shape index (κ1) is 5.92. The van der Waals surface area contributed by atoms with Gasteiger partial charge in [-0.25, -0.2) is 0 Å². The molecule has 0 aromatic carbocycles. The molecule has 0 bridgehead atoms. The van der Waals surface area contributed by atoms with Gasteiger partial charge in [-0.05, 0) is 19.9 Å². The van der Waals surface area contributed by atoms with Crippen LogP contribution in [0.3, 0.4) is 0 Å². The van der Waals surface area contributed by atoms with E-state index in [2.05, 4.69) is 0 Å². The van der Waals surface area contributed by atoms with Gasteiger partial charge in [0.1, 0.15) is 0 Å². The van der Waals surface area contributed by atoms with Crippen molar-refractivity contribution in [1.29, 1.82) is 0 Å². The molecular weight excluding hydrogens is 76.1 g/mol. The highest BCUT2D eigenvalue weighted by Crippen LogP contribution is 1.77. The molecule has 0 aliphatic rings. The zero-order valence-corrected chi connectivity index (χ0v) is 4.15. The van der Waals surface area contributed by atoms with Gasteiger partial charge in [-0.3, -0.25) is 0 Å². The maximum atomic E-state index is 5.32. The average molecular weight is 88.2 g/mol. The molecule has 0 amide bonds. The van der Waals surface area contributed by atoms with Crippen LogP contribution < -0.4 is 11.5 Å². The molecule has 0 aliphatic heterocycles. The first-order chi connectivity index (χ1) is 2.77. The predicted octanol–water partition coefficient (Wildman–Crippen LogP) is -0.318. The minimum absolute atomic E-state index is 0.273. The van der Waals surface area contributed by atoms with Crippen molar-refractivity contribution in [3.8, 4) is 0 Å². The van der Waals surface area contributed by atoms with Crippen molar-refractivity contribution < 1.29 is 0 Å². The normalized spacial score (nSPS) is 14.5. The molecule has 0 spiro atoms. The van der Waals surface area contributed by atoms with Crippen molar-refractivity contribution in [3.63, 3.8) is 0 Å². The highest BCUT2D eigenvalue weighted by Gasteiger charge is 1.85. The fourth-order valence-electron chi connectivity index (χ4n) is 0.263. The van der Waals surface area contributed by atoms with Crippen LogP contribution in [0, 0.1) is 0 Å². The van der Waals surface area contributed by atoms with Gasteiger partial charge < -0.3 is 11.5 Å². The molecule has 0 aromatic heterocycles. The van der Waals surface area contributed by atoms with Gasteiger partial charge in [-0.15, -0.1) is 0 Å². The van der Waals surface area contributed by atoms with Crippen LogP contribution in [0.25, 0.3) is 0 Å². The third-order valence-electron chi connectivity index (χ3n) is 0.622. The van der Waals surface area contributed by atoms with E-state index < -0.39 is 0 Å². The zero-order valence-electron chi connectivity index (χ0n) is 4.15. The second-order valence-corrected chi connectivity index (χ2v) is 1.55. The molecule has 6 heavy (non-hydrogen) atoms. The Morgan fingerprint density at radius 1 is 1.67 bits per heavy atom. The molecule has 2 heteroatoms. The zero-order chi connectivity index (χ0) is 4.99. The minimum atomic E-state index is 0.273. The van der Waals surface area contributed by atoms with Crippen LogP contribution in [0.2, 0.25) is 0 Å². The minimum Gasteiger partial charge on any atom is -0.330 e. The average Bonchev–Trinajstić information content (AvgIpc) is 1.35. The van der Waals surface area contributed by atoms with Gasteiger partial charge in [0, 0.05) is 6.04 Å². The Morgan fingerprint density at radius 3 is 2.17 bits per heavy atom. The van der Waals surface area contributed by atoms with Crippen molar-refractivity contribution in [2.45, 2.75) is 19.4 Å². The number of rotatable bonds is 2. The van der Waals surface area contributed by atoms with Gasteiger partial charge in [0.2, 0.25) is 0 Å². The van der Waals surface area contributed by atoms with Crippen LogP contribution in [-0.2, 0) is 0 Å². The number of nitrogens with two attached hydrogens (primary N) is 2. The van der Waals surface area contributed by atoms with Gasteiger partial charge in [0.25, 0.3) is 0 Å². The van der Waals surface area contributed by atoms with E-state index in [9.17, 15) is 0 Å². The molecule has 0 saturated heterocycles. The molecule has 0 saturated carbocycles. The highest BCUT2D eigenvalue weighted by atomic mass is 14.6. The lowest BCUT2D eigenvalue weighted by Crippen LogP contribution is -2.18. The summed E-state index contributed by atoms with van der Waals surface area (Å²) >= 11 is 0. The smallest absolute Gasteiger partial charge is 0.00224 e. The van der Waals surface area contributed by atoms with Crippen LogP contribution in [0.4, 0.5) is 0 Å². The van der Waals surface area contributed by atoms with Crippen LogP contribution >= 0.6 is 0 Å². The van der Waals surface area contributed by atoms with E-state index in [1.807, 2.05) is 6.92 Å². The van der Waals surface area contributed by atoms with Gasteiger partial charge in [-0.2, -0.15) is 0 Å². The lowest BCUT2D eigenvalue weighted by atomic mass is 10.3. The fourth-order valence-corrected chi connectivity index (χ4v) is 0.263. The van der Waals surface area contributed by atoms with Crippen LogP contribution in [0.1, 0.15) is 13.3 Å². The van der Waals surface area contributed by atoms with Crippen molar-refractivity contribution in [2.75, 3.05) is 6.54 Å². The molecule has 2 nitrogen and oxygen atoms in total. The van der Waals surface area contributed by atoms with Crippen molar-refractivity contribution in [1.82, 2.24) is 0 Å². The summed E-state index contributed by atoms with van der Waals surface area (Å²) < 4.78 is 0. The Kier molecular flexibility index (Phi) is 3.08. The Bertz CT molecular complexity index is 26.7. The second-order valence-electron chi connectivity index (χ2n) is 1.55. The topological polar surface area (TPSA) is 52.0 Å². The standard InChI is InChI=1S/C4H12N2/c1-4(6)2-3-5/h4H,2-3,5-6H2,1H3/t4-/m1/s1. The maximum Gasteiger partial charge on any atom is 0.00224 e.